The summed E-state index contributed by atoms with van der Waals surface area (Å²) in [5, 5.41) is 8.91. The van der Waals surface area contributed by atoms with Gasteiger partial charge in [-0.3, -0.25) is 0 Å². The van der Waals surface area contributed by atoms with Crippen LogP contribution in [-0.2, 0) is 0 Å². The molecule has 0 spiro atoms. The quantitative estimate of drug-likeness (QED) is 0.448. The summed E-state index contributed by atoms with van der Waals surface area (Å²) in [7, 11) is 0. The molecular formula is C8H12O. The molecule has 0 amide bonds. The second-order valence-electron chi connectivity index (χ2n) is 1.71. The van der Waals surface area contributed by atoms with Gasteiger partial charge in [0.1, 0.15) is 0 Å². The molecule has 1 N–H and O–H groups in total. The van der Waals surface area contributed by atoms with Gasteiger partial charge in [-0.15, -0.1) is 5.73 Å². The summed E-state index contributed by atoms with van der Waals surface area (Å²) in [6.45, 7) is 5.38. The van der Waals surface area contributed by atoms with Crippen LogP contribution in [0.1, 0.15) is 13.3 Å². The SMILES string of the molecule is C=CC=C=CC(O)CC. The Kier molecular flexibility index (Phi) is 4.89. The molecule has 0 aromatic rings. The molecule has 0 aromatic heterocycles. The van der Waals surface area contributed by atoms with Gasteiger partial charge in [-0.25, -0.2) is 0 Å². The van der Waals surface area contributed by atoms with Gasteiger partial charge in [-0.1, -0.05) is 19.6 Å². The lowest BCUT2D eigenvalue weighted by Crippen LogP contribution is -1.96. The van der Waals surface area contributed by atoms with Crippen molar-refractivity contribution in [3.05, 3.63) is 30.5 Å². The Morgan fingerprint density at radius 2 is 2.44 bits per heavy atom. The van der Waals surface area contributed by atoms with Crippen LogP contribution in [0.5, 0.6) is 0 Å². The summed E-state index contributed by atoms with van der Waals surface area (Å²) in [5.41, 5.74) is 2.77. The fraction of sp³-hybridized carbons (Fsp3) is 0.375. The van der Waals surface area contributed by atoms with E-state index in [4.69, 9.17) is 5.11 Å². The minimum absolute atomic E-state index is 0.360. The molecule has 0 heterocycles. The van der Waals surface area contributed by atoms with Crippen LogP contribution >= 0.6 is 0 Å². The molecule has 0 rings (SSSR count). The molecule has 0 aliphatic carbocycles. The summed E-state index contributed by atoms with van der Waals surface area (Å²) >= 11 is 0. The highest BCUT2D eigenvalue weighted by Crippen LogP contribution is 1.88. The lowest BCUT2D eigenvalue weighted by atomic mass is 10.3. The molecule has 0 radical (unpaired) electrons. The highest BCUT2D eigenvalue weighted by atomic mass is 16.3. The Bertz CT molecular complexity index is 130. The Hall–Kier alpha value is -0.780. The van der Waals surface area contributed by atoms with E-state index in [1.54, 1.807) is 18.2 Å². The topological polar surface area (TPSA) is 20.2 Å². The molecule has 0 fully saturated rings. The number of hydrogen-bond acceptors (Lipinski definition) is 1. The average Bonchev–Trinajstić information content (AvgIpc) is 1.89. The molecule has 1 atom stereocenters. The average molecular weight is 124 g/mol. The smallest absolute Gasteiger partial charge is 0.0791 e. The third-order valence-electron chi connectivity index (χ3n) is 0.921. The van der Waals surface area contributed by atoms with E-state index in [9.17, 15) is 0 Å². The zero-order valence-electron chi connectivity index (χ0n) is 5.67. The third-order valence-corrected chi connectivity index (χ3v) is 0.921. The van der Waals surface area contributed by atoms with Crippen molar-refractivity contribution in [1.29, 1.82) is 0 Å². The van der Waals surface area contributed by atoms with Gasteiger partial charge < -0.3 is 5.11 Å². The maximum Gasteiger partial charge on any atom is 0.0791 e. The van der Waals surface area contributed by atoms with E-state index in [1.807, 2.05) is 6.92 Å². The molecule has 0 bridgehead atoms. The van der Waals surface area contributed by atoms with Crippen LogP contribution in [0.15, 0.2) is 30.5 Å². The second kappa shape index (κ2) is 5.36. The van der Waals surface area contributed by atoms with Crippen molar-refractivity contribution in [3.63, 3.8) is 0 Å². The molecule has 1 nitrogen and oxygen atoms in total. The fourth-order valence-corrected chi connectivity index (χ4v) is 0.353. The van der Waals surface area contributed by atoms with Crippen molar-refractivity contribution in [3.8, 4) is 0 Å². The molecule has 0 aromatic carbocycles. The van der Waals surface area contributed by atoms with Crippen LogP contribution in [-0.4, -0.2) is 11.2 Å². The van der Waals surface area contributed by atoms with Gasteiger partial charge in [0.15, 0.2) is 0 Å². The Balaban J connectivity index is 3.67. The molecule has 0 aliphatic rings. The first kappa shape index (κ1) is 8.22. The molecular weight excluding hydrogens is 112 g/mol. The molecule has 1 unspecified atom stereocenters. The van der Waals surface area contributed by atoms with Crippen LogP contribution in [0.2, 0.25) is 0 Å². The molecule has 0 saturated heterocycles. The van der Waals surface area contributed by atoms with E-state index >= 15 is 0 Å². The van der Waals surface area contributed by atoms with Crippen LogP contribution in [0.25, 0.3) is 0 Å². The number of rotatable bonds is 3. The van der Waals surface area contributed by atoms with Gasteiger partial charge >= 0.3 is 0 Å². The first-order valence-electron chi connectivity index (χ1n) is 3.03. The van der Waals surface area contributed by atoms with Crippen LogP contribution in [0, 0.1) is 0 Å². The second-order valence-corrected chi connectivity index (χ2v) is 1.71. The van der Waals surface area contributed by atoms with Gasteiger partial charge in [-0.2, -0.15) is 0 Å². The van der Waals surface area contributed by atoms with Gasteiger partial charge in [0.25, 0.3) is 0 Å². The van der Waals surface area contributed by atoms with E-state index in [0.717, 1.165) is 6.42 Å². The molecule has 9 heavy (non-hydrogen) atoms. The van der Waals surface area contributed by atoms with Gasteiger partial charge in [0, 0.05) is 0 Å². The standard InChI is InChI=1S/C8H12O/c1-3-5-6-7-8(9)4-2/h3,5,7-9H,1,4H2,2H3. The highest BCUT2D eigenvalue weighted by Gasteiger charge is 1.88. The first-order valence-corrected chi connectivity index (χ1v) is 3.03. The van der Waals surface area contributed by atoms with E-state index in [2.05, 4.69) is 12.3 Å². The van der Waals surface area contributed by atoms with E-state index in [-0.39, 0.29) is 6.10 Å². The lowest BCUT2D eigenvalue weighted by molar-refractivity contribution is 0.219. The fourth-order valence-electron chi connectivity index (χ4n) is 0.353. The van der Waals surface area contributed by atoms with Crippen molar-refractivity contribution < 1.29 is 5.11 Å². The third kappa shape index (κ3) is 5.09. The van der Waals surface area contributed by atoms with Crippen LogP contribution in [0.3, 0.4) is 0 Å². The van der Waals surface area contributed by atoms with E-state index in [1.165, 1.54) is 0 Å². The summed E-state index contributed by atoms with van der Waals surface area (Å²) in [6.07, 6.45) is 5.28. The Labute approximate surface area is 56.0 Å². The van der Waals surface area contributed by atoms with E-state index < -0.39 is 0 Å². The molecule has 1 heteroatoms. The predicted octanol–water partition coefficient (Wildman–Crippen LogP) is 1.65. The maximum absolute atomic E-state index is 8.91. The van der Waals surface area contributed by atoms with Crippen molar-refractivity contribution in [2.24, 2.45) is 0 Å². The van der Waals surface area contributed by atoms with Crippen molar-refractivity contribution in [1.82, 2.24) is 0 Å². The van der Waals surface area contributed by atoms with Crippen LogP contribution < -0.4 is 0 Å². The van der Waals surface area contributed by atoms with Crippen molar-refractivity contribution in [2.45, 2.75) is 19.4 Å². The molecule has 0 saturated carbocycles. The van der Waals surface area contributed by atoms with Gasteiger partial charge in [0.05, 0.1) is 6.10 Å². The Morgan fingerprint density at radius 1 is 1.78 bits per heavy atom. The number of aliphatic hydroxyl groups is 1. The molecule has 50 valence electrons. The van der Waals surface area contributed by atoms with Crippen molar-refractivity contribution >= 4 is 0 Å². The lowest BCUT2D eigenvalue weighted by Gasteiger charge is -1.93. The molecule has 0 aliphatic heterocycles. The Morgan fingerprint density at radius 3 is 2.89 bits per heavy atom. The van der Waals surface area contributed by atoms with Crippen LogP contribution in [0.4, 0.5) is 0 Å². The monoisotopic (exact) mass is 124 g/mol. The zero-order valence-corrected chi connectivity index (χ0v) is 5.67. The number of hydrogen-bond donors (Lipinski definition) is 1. The normalized spacial score (nSPS) is 11.3. The summed E-state index contributed by atoms with van der Waals surface area (Å²) in [4.78, 5) is 0. The predicted molar refractivity (Wildman–Crippen MR) is 39.1 cm³/mol. The van der Waals surface area contributed by atoms with E-state index in [0.29, 0.717) is 0 Å². The number of aliphatic hydroxyl groups excluding tert-OH is 1. The summed E-state index contributed by atoms with van der Waals surface area (Å²) < 4.78 is 0. The van der Waals surface area contributed by atoms with Gasteiger partial charge in [-0.05, 0) is 18.6 Å². The van der Waals surface area contributed by atoms with Crippen molar-refractivity contribution in [2.75, 3.05) is 0 Å². The largest absolute Gasteiger partial charge is 0.388 e. The zero-order chi connectivity index (χ0) is 7.11. The summed E-state index contributed by atoms with van der Waals surface area (Å²) in [5.74, 6) is 0. The number of allylic oxidation sites excluding steroid dienone is 1. The minimum Gasteiger partial charge on any atom is -0.388 e. The summed E-state index contributed by atoms with van der Waals surface area (Å²) in [6, 6.07) is 0. The maximum atomic E-state index is 8.91. The minimum atomic E-state index is -0.360. The highest BCUT2D eigenvalue weighted by molar-refractivity contribution is 4.99. The first-order chi connectivity index (χ1) is 4.31. The van der Waals surface area contributed by atoms with Gasteiger partial charge in [0.2, 0.25) is 0 Å².